The van der Waals surface area contributed by atoms with Gasteiger partial charge in [0.25, 0.3) is 0 Å². The average Bonchev–Trinajstić information content (AvgIpc) is 3.24. The Hall–Kier alpha value is -2.74. The number of carbonyl (C=O) groups excluding carboxylic acids is 2. The zero-order valence-electron chi connectivity index (χ0n) is 19.2. The molecule has 2 aromatic rings. The molecule has 2 aromatic carbocycles. The Morgan fingerprint density at radius 3 is 2.30 bits per heavy atom. The minimum atomic E-state index is -0.750. The van der Waals surface area contributed by atoms with E-state index < -0.39 is 24.2 Å². The van der Waals surface area contributed by atoms with Crippen LogP contribution in [0, 0.1) is 5.92 Å². The fraction of sp³-hybridized carbons (Fsp3) is 0.462. The van der Waals surface area contributed by atoms with E-state index in [0.29, 0.717) is 6.42 Å². The first-order chi connectivity index (χ1) is 15.8. The summed E-state index contributed by atoms with van der Waals surface area (Å²) in [4.78, 5) is 25.9. The summed E-state index contributed by atoms with van der Waals surface area (Å²) in [6.45, 7) is 5.72. The van der Waals surface area contributed by atoms with E-state index >= 15 is 0 Å². The lowest BCUT2D eigenvalue weighted by Crippen LogP contribution is -2.44. The number of amides is 1. The van der Waals surface area contributed by atoms with Gasteiger partial charge in [-0.3, -0.25) is 4.79 Å². The van der Waals surface area contributed by atoms with E-state index in [0.717, 1.165) is 11.1 Å². The molecule has 2 aliphatic rings. The molecule has 2 heterocycles. The van der Waals surface area contributed by atoms with Crippen LogP contribution in [0.2, 0.25) is 0 Å². The zero-order valence-corrected chi connectivity index (χ0v) is 19.2. The van der Waals surface area contributed by atoms with Crippen molar-refractivity contribution in [3.8, 4) is 0 Å². The fourth-order valence-electron chi connectivity index (χ4n) is 4.39. The van der Waals surface area contributed by atoms with E-state index in [9.17, 15) is 9.59 Å². The molecule has 5 atom stereocenters. The Bertz CT molecular complexity index is 948. The lowest BCUT2D eigenvalue weighted by atomic mass is 9.89. The van der Waals surface area contributed by atoms with Crippen molar-refractivity contribution in [2.24, 2.45) is 5.92 Å². The smallest absolute Gasteiger partial charge is 0.408 e. The third-order valence-corrected chi connectivity index (χ3v) is 6.07. The quantitative estimate of drug-likeness (QED) is 0.651. The van der Waals surface area contributed by atoms with Crippen LogP contribution in [0.15, 0.2) is 60.7 Å². The SMILES string of the molecule is C[C@H]1O[C@H]2OC(C)(C)OC2[C@H]1CC(=O)[C@H](Cc1ccccc1)NC(=O)OCc1ccccc1. The number of Topliss-reactive ketones (excluding diaryl/α,β-unsaturated/α-hetero) is 1. The van der Waals surface area contributed by atoms with Crippen molar-refractivity contribution in [3.05, 3.63) is 71.8 Å². The van der Waals surface area contributed by atoms with Gasteiger partial charge in [0.1, 0.15) is 12.7 Å². The van der Waals surface area contributed by atoms with Gasteiger partial charge in [-0.1, -0.05) is 60.7 Å². The predicted octanol–water partition coefficient (Wildman–Crippen LogP) is 4.00. The number of fused-ring (bicyclic) bond motifs is 1. The maximum Gasteiger partial charge on any atom is 0.408 e. The number of benzene rings is 2. The second-order valence-corrected chi connectivity index (χ2v) is 9.09. The second kappa shape index (κ2) is 10.0. The maximum absolute atomic E-state index is 13.4. The summed E-state index contributed by atoms with van der Waals surface area (Å²) in [5.74, 6) is -1.01. The van der Waals surface area contributed by atoms with Crippen molar-refractivity contribution in [3.63, 3.8) is 0 Å². The van der Waals surface area contributed by atoms with Gasteiger partial charge in [-0.15, -0.1) is 0 Å². The van der Waals surface area contributed by atoms with E-state index in [2.05, 4.69) is 5.32 Å². The van der Waals surface area contributed by atoms with Crippen molar-refractivity contribution < 1.29 is 28.5 Å². The molecule has 0 saturated carbocycles. The molecule has 0 radical (unpaired) electrons. The van der Waals surface area contributed by atoms with E-state index in [4.69, 9.17) is 18.9 Å². The molecule has 33 heavy (non-hydrogen) atoms. The van der Waals surface area contributed by atoms with Crippen LogP contribution in [0.1, 0.15) is 38.3 Å². The van der Waals surface area contributed by atoms with Crippen LogP contribution < -0.4 is 5.32 Å². The van der Waals surface area contributed by atoms with Crippen LogP contribution in [0.3, 0.4) is 0 Å². The van der Waals surface area contributed by atoms with Crippen LogP contribution in [-0.2, 0) is 36.8 Å². The molecule has 0 aromatic heterocycles. The third kappa shape index (κ3) is 5.99. The number of ether oxygens (including phenoxy) is 4. The van der Waals surface area contributed by atoms with E-state index in [1.807, 2.05) is 81.4 Å². The van der Waals surface area contributed by atoms with Gasteiger partial charge >= 0.3 is 6.09 Å². The standard InChI is InChI=1S/C26H31NO6/c1-17-20(23-24(31-17)33-26(2,3)32-23)15-22(28)21(14-18-10-6-4-7-11-18)27-25(29)30-16-19-12-8-5-9-13-19/h4-13,17,20-21,23-24H,14-16H2,1-3H3,(H,27,29)/t17-,20+,21+,23?,24+/m1/s1. The molecule has 0 aliphatic carbocycles. The van der Waals surface area contributed by atoms with Gasteiger partial charge in [-0.2, -0.15) is 0 Å². The molecule has 0 spiro atoms. The first-order valence-electron chi connectivity index (χ1n) is 11.4. The van der Waals surface area contributed by atoms with Gasteiger partial charge in [0, 0.05) is 12.3 Å². The van der Waals surface area contributed by atoms with E-state index in [1.54, 1.807) is 0 Å². The number of rotatable bonds is 8. The Morgan fingerprint density at radius 1 is 1.00 bits per heavy atom. The van der Waals surface area contributed by atoms with Crippen molar-refractivity contribution in [2.75, 3.05) is 0 Å². The molecular formula is C26H31NO6. The first kappa shape index (κ1) is 23.4. The van der Waals surface area contributed by atoms with E-state index in [1.165, 1.54) is 0 Å². The van der Waals surface area contributed by atoms with Gasteiger partial charge in [0.15, 0.2) is 17.9 Å². The number of carbonyl (C=O) groups is 2. The molecule has 2 aliphatic heterocycles. The molecular weight excluding hydrogens is 422 g/mol. The van der Waals surface area contributed by atoms with Gasteiger partial charge in [0.2, 0.25) is 0 Å². The minimum Gasteiger partial charge on any atom is -0.445 e. The highest BCUT2D eigenvalue weighted by atomic mass is 16.8. The zero-order chi connectivity index (χ0) is 23.4. The molecule has 1 amide bonds. The summed E-state index contributed by atoms with van der Waals surface area (Å²) in [5, 5.41) is 2.78. The van der Waals surface area contributed by atoms with Crippen LogP contribution in [0.5, 0.6) is 0 Å². The molecule has 7 nitrogen and oxygen atoms in total. The Kier molecular flexibility index (Phi) is 7.12. The van der Waals surface area contributed by atoms with Crippen molar-refractivity contribution in [2.45, 2.75) is 70.5 Å². The van der Waals surface area contributed by atoms with Crippen molar-refractivity contribution >= 4 is 11.9 Å². The number of alkyl carbamates (subject to hydrolysis) is 1. The normalized spacial score (nSPS) is 26.4. The number of nitrogens with one attached hydrogen (secondary N) is 1. The van der Waals surface area contributed by atoms with E-state index in [-0.39, 0.29) is 36.9 Å². The average molecular weight is 454 g/mol. The third-order valence-electron chi connectivity index (χ3n) is 6.07. The van der Waals surface area contributed by atoms with Crippen molar-refractivity contribution in [1.82, 2.24) is 5.32 Å². The summed E-state index contributed by atoms with van der Waals surface area (Å²) in [7, 11) is 0. The van der Waals surface area contributed by atoms with Gasteiger partial charge in [0.05, 0.1) is 12.1 Å². The number of ketones is 1. The minimum absolute atomic E-state index is 0.0927. The largest absolute Gasteiger partial charge is 0.445 e. The molecule has 7 heteroatoms. The van der Waals surface area contributed by atoms with Crippen LogP contribution >= 0.6 is 0 Å². The topological polar surface area (TPSA) is 83.1 Å². The summed E-state index contributed by atoms with van der Waals surface area (Å²) >= 11 is 0. The highest BCUT2D eigenvalue weighted by Crippen LogP contribution is 2.42. The highest BCUT2D eigenvalue weighted by molar-refractivity contribution is 5.88. The van der Waals surface area contributed by atoms with Crippen LogP contribution in [-0.4, -0.2) is 42.2 Å². The highest BCUT2D eigenvalue weighted by Gasteiger charge is 2.53. The number of hydrogen-bond donors (Lipinski definition) is 1. The lowest BCUT2D eigenvalue weighted by molar-refractivity contribution is -0.208. The summed E-state index contributed by atoms with van der Waals surface area (Å²) in [5.41, 5.74) is 1.83. The second-order valence-electron chi connectivity index (χ2n) is 9.09. The maximum atomic E-state index is 13.4. The summed E-state index contributed by atoms with van der Waals surface area (Å²) in [6, 6.07) is 18.3. The molecule has 2 fully saturated rings. The Morgan fingerprint density at radius 2 is 1.64 bits per heavy atom. The van der Waals surface area contributed by atoms with Gasteiger partial charge in [-0.25, -0.2) is 4.79 Å². The van der Waals surface area contributed by atoms with Crippen LogP contribution in [0.4, 0.5) is 4.79 Å². The molecule has 176 valence electrons. The molecule has 0 bridgehead atoms. The summed E-state index contributed by atoms with van der Waals surface area (Å²) < 4.78 is 23.1. The van der Waals surface area contributed by atoms with Crippen molar-refractivity contribution in [1.29, 1.82) is 0 Å². The van der Waals surface area contributed by atoms with Gasteiger partial charge in [-0.05, 0) is 38.3 Å². The Balaban J connectivity index is 1.42. The number of hydrogen-bond acceptors (Lipinski definition) is 6. The summed E-state index contributed by atoms with van der Waals surface area (Å²) in [6.07, 6.45) is -1.03. The lowest BCUT2D eigenvalue weighted by Gasteiger charge is -2.25. The Labute approximate surface area is 194 Å². The van der Waals surface area contributed by atoms with Gasteiger partial charge < -0.3 is 24.3 Å². The molecule has 1 N–H and O–H groups in total. The monoisotopic (exact) mass is 453 g/mol. The molecule has 2 saturated heterocycles. The predicted molar refractivity (Wildman–Crippen MR) is 121 cm³/mol. The first-order valence-corrected chi connectivity index (χ1v) is 11.4. The van der Waals surface area contributed by atoms with Crippen LogP contribution in [0.25, 0.3) is 0 Å². The molecule has 4 rings (SSSR count). The molecule has 1 unspecified atom stereocenters. The fourth-order valence-corrected chi connectivity index (χ4v) is 4.39.